The summed E-state index contributed by atoms with van der Waals surface area (Å²) in [5, 5.41) is 0. The monoisotopic (exact) mass is 415 g/mol. The number of rotatable bonds is 14. The molecule has 0 radical (unpaired) electrons. The highest BCUT2D eigenvalue weighted by Crippen LogP contribution is 2.13. The van der Waals surface area contributed by atoms with Gasteiger partial charge in [-0.25, -0.2) is 0 Å². The first-order valence-electron chi connectivity index (χ1n) is 11.2. The molecular weight excluding hydrogens is 378 g/mol. The third kappa shape index (κ3) is 7.73. The van der Waals surface area contributed by atoms with Crippen LogP contribution in [0.2, 0.25) is 0 Å². The summed E-state index contributed by atoms with van der Waals surface area (Å²) in [4.78, 5) is 29.4. The van der Waals surface area contributed by atoms with Crippen molar-refractivity contribution >= 4 is 11.8 Å². The predicted octanol–water partition coefficient (Wildman–Crippen LogP) is 4.75. The van der Waals surface area contributed by atoms with Crippen LogP contribution in [0.3, 0.4) is 0 Å². The Morgan fingerprint density at radius 2 is 1.73 bits per heavy atom. The van der Waals surface area contributed by atoms with Gasteiger partial charge >= 0.3 is 0 Å². The van der Waals surface area contributed by atoms with Crippen LogP contribution in [0.25, 0.3) is 0 Å². The van der Waals surface area contributed by atoms with Gasteiger partial charge in [0.2, 0.25) is 11.8 Å². The van der Waals surface area contributed by atoms with Gasteiger partial charge in [0.05, 0.1) is 25.9 Å². The molecule has 0 unspecified atom stereocenters. The molecule has 0 atom stereocenters. The van der Waals surface area contributed by atoms with E-state index in [2.05, 4.69) is 6.92 Å². The van der Waals surface area contributed by atoms with Crippen LogP contribution >= 0.6 is 0 Å². The third-order valence-corrected chi connectivity index (χ3v) is 5.35. The fraction of sp³-hybridized carbons (Fsp3) is 0.583. The zero-order valence-corrected chi connectivity index (χ0v) is 18.8. The number of carbonyl (C=O) groups is 2. The average Bonchev–Trinajstić information content (AvgIpc) is 3.38. The van der Waals surface area contributed by atoms with Crippen molar-refractivity contribution in [2.75, 3.05) is 13.1 Å². The molecule has 0 N–H and O–H groups in total. The molecule has 166 valence electrons. The molecule has 0 saturated carbocycles. The van der Waals surface area contributed by atoms with E-state index < -0.39 is 0 Å². The first-order valence-corrected chi connectivity index (χ1v) is 11.2. The Labute approximate surface area is 180 Å². The second-order valence-corrected chi connectivity index (χ2v) is 7.92. The topological polar surface area (TPSA) is 58.7 Å². The van der Waals surface area contributed by atoms with Crippen LogP contribution in [0.15, 0.2) is 41.1 Å². The Kier molecular flexibility index (Phi) is 10.3. The molecule has 2 aromatic rings. The lowest BCUT2D eigenvalue weighted by molar-refractivity contribution is -0.141. The minimum Gasteiger partial charge on any atom is -0.467 e. The Hall–Kier alpha value is -2.50. The summed E-state index contributed by atoms with van der Waals surface area (Å²) < 4.78 is 7.48. The first kappa shape index (κ1) is 23.8. The second kappa shape index (κ2) is 12.9. The lowest BCUT2D eigenvalue weighted by atomic mass is 10.1. The highest BCUT2D eigenvalue weighted by atomic mass is 16.3. The minimum absolute atomic E-state index is 0.0552. The molecule has 30 heavy (non-hydrogen) atoms. The minimum atomic E-state index is -0.0552. The van der Waals surface area contributed by atoms with Crippen molar-refractivity contribution in [3.63, 3.8) is 0 Å². The smallest absolute Gasteiger partial charge is 0.242 e. The average molecular weight is 416 g/mol. The molecule has 6 heteroatoms. The Morgan fingerprint density at radius 3 is 2.37 bits per heavy atom. The van der Waals surface area contributed by atoms with Crippen LogP contribution in [0.4, 0.5) is 0 Å². The number of unbranched alkanes of at least 4 members (excludes halogenated alkanes) is 4. The number of amides is 2. The molecule has 0 bridgehead atoms. The molecule has 2 aromatic heterocycles. The van der Waals surface area contributed by atoms with Gasteiger partial charge in [0.15, 0.2) is 0 Å². The van der Waals surface area contributed by atoms with Crippen molar-refractivity contribution in [3.8, 4) is 0 Å². The Bertz CT molecular complexity index is 752. The molecule has 0 spiro atoms. The molecule has 0 aliphatic heterocycles. The number of hydrogen-bond donors (Lipinski definition) is 0. The van der Waals surface area contributed by atoms with Gasteiger partial charge in [-0.1, -0.05) is 39.5 Å². The van der Waals surface area contributed by atoms with Crippen molar-refractivity contribution < 1.29 is 14.0 Å². The summed E-state index contributed by atoms with van der Waals surface area (Å²) in [6, 6.07) is 7.67. The summed E-state index contributed by atoms with van der Waals surface area (Å²) in [7, 11) is 1.97. The van der Waals surface area contributed by atoms with E-state index in [4.69, 9.17) is 4.42 Å². The number of nitrogens with zero attached hydrogens (tertiary/aromatic N) is 3. The number of furan rings is 1. The molecule has 2 heterocycles. The maximum absolute atomic E-state index is 13.2. The molecular formula is C24H37N3O3. The maximum atomic E-state index is 13.2. The van der Waals surface area contributed by atoms with Crippen molar-refractivity contribution in [1.82, 2.24) is 14.4 Å². The van der Waals surface area contributed by atoms with Crippen molar-refractivity contribution in [2.24, 2.45) is 7.05 Å². The SMILES string of the molecule is CCCCCCCC(=O)N(CCC)CC(=O)N(Cc1ccco1)Cc1cccn1C. The number of aromatic nitrogens is 1. The van der Waals surface area contributed by atoms with Gasteiger partial charge < -0.3 is 18.8 Å². The summed E-state index contributed by atoms with van der Waals surface area (Å²) >= 11 is 0. The van der Waals surface area contributed by atoms with Gasteiger partial charge in [-0.15, -0.1) is 0 Å². The van der Waals surface area contributed by atoms with Crippen molar-refractivity contribution in [2.45, 2.75) is 71.9 Å². The van der Waals surface area contributed by atoms with Crippen LogP contribution in [-0.2, 0) is 29.7 Å². The van der Waals surface area contributed by atoms with Gasteiger partial charge in [0.25, 0.3) is 0 Å². The van der Waals surface area contributed by atoms with Gasteiger partial charge in [0, 0.05) is 31.9 Å². The molecule has 2 rings (SSSR count). The van der Waals surface area contributed by atoms with Gasteiger partial charge in [-0.2, -0.15) is 0 Å². The van der Waals surface area contributed by atoms with E-state index in [1.165, 1.54) is 19.3 Å². The Balaban J connectivity index is 2.00. The molecule has 0 aromatic carbocycles. The number of carbonyl (C=O) groups excluding carboxylic acids is 2. The van der Waals surface area contributed by atoms with Gasteiger partial charge in [-0.05, 0) is 37.1 Å². The molecule has 0 aliphatic rings. The highest BCUT2D eigenvalue weighted by Gasteiger charge is 2.22. The molecule has 0 saturated heterocycles. The lowest BCUT2D eigenvalue weighted by Gasteiger charge is -2.27. The Morgan fingerprint density at radius 1 is 0.933 bits per heavy atom. The molecule has 6 nitrogen and oxygen atoms in total. The third-order valence-electron chi connectivity index (χ3n) is 5.35. The first-order chi connectivity index (χ1) is 14.5. The summed E-state index contributed by atoms with van der Waals surface area (Å²) in [5.41, 5.74) is 1.04. The van der Waals surface area contributed by atoms with E-state index in [0.717, 1.165) is 30.7 Å². The van der Waals surface area contributed by atoms with Crippen molar-refractivity contribution in [1.29, 1.82) is 0 Å². The summed E-state index contributed by atoms with van der Waals surface area (Å²) in [6.07, 6.45) is 10.5. The summed E-state index contributed by atoms with van der Waals surface area (Å²) in [6.45, 7) is 5.82. The standard InChI is InChI=1S/C24H37N3O3/c1-4-6-7-8-9-14-23(28)26(15-5-2)20-24(29)27(19-22-13-11-17-30-22)18-21-12-10-16-25(21)3/h10-13,16-17H,4-9,14-15,18-20H2,1-3H3. The van der Waals surface area contributed by atoms with Crippen LogP contribution in [-0.4, -0.2) is 39.3 Å². The summed E-state index contributed by atoms with van der Waals surface area (Å²) in [5.74, 6) is 0.765. The largest absolute Gasteiger partial charge is 0.467 e. The van der Waals surface area contributed by atoms with E-state index in [0.29, 0.717) is 26.1 Å². The van der Waals surface area contributed by atoms with E-state index in [1.807, 2.05) is 49.0 Å². The van der Waals surface area contributed by atoms with Crippen LogP contribution < -0.4 is 0 Å². The zero-order chi connectivity index (χ0) is 21.8. The van der Waals surface area contributed by atoms with E-state index >= 15 is 0 Å². The van der Waals surface area contributed by atoms with Crippen LogP contribution in [0.5, 0.6) is 0 Å². The number of hydrogen-bond acceptors (Lipinski definition) is 3. The normalized spacial score (nSPS) is 10.9. The van der Waals surface area contributed by atoms with Gasteiger partial charge in [0.1, 0.15) is 5.76 Å². The van der Waals surface area contributed by atoms with Gasteiger partial charge in [-0.3, -0.25) is 9.59 Å². The quantitative estimate of drug-likeness (QED) is 0.419. The highest BCUT2D eigenvalue weighted by molar-refractivity contribution is 5.84. The van der Waals surface area contributed by atoms with Crippen molar-refractivity contribution in [3.05, 3.63) is 48.2 Å². The zero-order valence-electron chi connectivity index (χ0n) is 18.8. The fourth-order valence-corrected chi connectivity index (χ4v) is 3.54. The molecule has 0 aliphatic carbocycles. The molecule has 2 amide bonds. The molecule has 0 fully saturated rings. The maximum Gasteiger partial charge on any atom is 0.242 e. The second-order valence-electron chi connectivity index (χ2n) is 7.92. The van der Waals surface area contributed by atoms with E-state index in [9.17, 15) is 9.59 Å². The van der Waals surface area contributed by atoms with Crippen LogP contribution in [0, 0.1) is 0 Å². The van der Waals surface area contributed by atoms with E-state index in [1.54, 1.807) is 16.1 Å². The van der Waals surface area contributed by atoms with Crippen LogP contribution in [0.1, 0.15) is 70.2 Å². The fourth-order valence-electron chi connectivity index (χ4n) is 3.54. The number of aryl methyl sites for hydroxylation is 1. The van der Waals surface area contributed by atoms with E-state index in [-0.39, 0.29) is 18.4 Å². The predicted molar refractivity (Wildman–Crippen MR) is 119 cm³/mol. The lowest BCUT2D eigenvalue weighted by Crippen LogP contribution is -2.43.